The van der Waals surface area contributed by atoms with E-state index in [0.29, 0.717) is 11.9 Å². The van der Waals surface area contributed by atoms with Crippen LogP contribution in [-0.2, 0) is 6.54 Å². The first kappa shape index (κ1) is 14.8. The fourth-order valence-corrected chi connectivity index (χ4v) is 3.20. The number of rotatable bonds is 3. The number of nitrogen functional groups attached to an aromatic ring is 1. The predicted molar refractivity (Wildman–Crippen MR) is 88.9 cm³/mol. The summed E-state index contributed by atoms with van der Waals surface area (Å²) >= 11 is 0. The molecule has 0 radical (unpaired) electrons. The zero-order chi connectivity index (χ0) is 15.7. The zero-order valence-electron chi connectivity index (χ0n) is 13.6. The van der Waals surface area contributed by atoms with Gasteiger partial charge < -0.3 is 10.6 Å². The van der Waals surface area contributed by atoms with E-state index in [1.165, 1.54) is 22.3 Å². The SMILES string of the molecule is Cc1cc(C)c(CN2CCN(c3n[nH]c(N)n3)CC2)c(C)c1. The second kappa shape index (κ2) is 5.96. The van der Waals surface area contributed by atoms with E-state index in [2.05, 4.69) is 57.9 Å². The molecule has 2 aromatic rings. The van der Waals surface area contributed by atoms with Gasteiger partial charge in [-0.05, 0) is 37.5 Å². The molecule has 1 aromatic carbocycles. The summed E-state index contributed by atoms with van der Waals surface area (Å²) in [5.74, 6) is 1.09. The average Bonchev–Trinajstić information content (AvgIpc) is 2.90. The van der Waals surface area contributed by atoms with Crippen LogP contribution in [0.5, 0.6) is 0 Å². The zero-order valence-corrected chi connectivity index (χ0v) is 13.6. The number of aromatic nitrogens is 3. The van der Waals surface area contributed by atoms with Gasteiger partial charge >= 0.3 is 0 Å². The Morgan fingerprint density at radius 3 is 2.27 bits per heavy atom. The highest BCUT2D eigenvalue weighted by atomic mass is 15.4. The van der Waals surface area contributed by atoms with Crippen molar-refractivity contribution in [1.29, 1.82) is 0 Å². The highest BCUT2D eigenvalue weighted by Gasteiger charge is 2.20. The van der Waals surface area contributed by atoms with Crippen LogP contribution in [0.2, 0.25) is 0 Å². The number of nitrogens with two attached hydrogens (primary N) is 1. The van der Waals surface area contributed by atoms with E-state index in [-0.39, 0.29) is 0 Å². The largest absolute Gasteiger partial charge is 0.368 e. The van der Waals surface area contributed by atoms with Crippen LogP contribution < -0.4 is 10.6 Å². The molecule has 2 heterocycles. The molecule has 6 heteroatoms. The molecule has 1 aromatic heterocycles. The maximum atomic E-state index is 5.59. The summed E-state index contributed by atoms with van der Waals surface area (Å²) in [7, 11) is 0. The minimum Gasteiger partial charge on any atom is -0.368 e. The van der Waals surface area contributed by atoms with E-state index in [1.807, 2.05) is 0 Å². The summed E-state index contributed by atoms with van der Waals surface area (Å²) < 4.78 is 0. The molecule has 0 saturated carbocycles. The third kappa shape index (κ3) is 3.06. The Morgan fingerprint density at radius 1 is 1.09 bits per heavy atom. The molecule has 0 bridgehead atoms. The smallest absolute Gasteiger partial charge is 0.246 e. The molecule has 1 aliphatic heterocycles. The standard InChI is InChI=1S/C16H24N6/c1-11-8-12(2)14(13(3)9-11)10-21-4-6-22(7-5-21)16-18-15(17)19-20-16/h8-9H,4-7,10H2,1-3H3,(H3,17,18,19,20). The van der Waals surface area contributed by atoms with E-state index < -0.39 is 0 Å². The molecule has 0 unspecified atom stereocenters. The molecule has 1 fully saturated rings. The Bertz CT molecular complexity index is 631. The number of piperazine rings is 1. The molecule has 22 heavy (non-hydrogen) atoms. The van der Waals surface area contributed by atoms with Crippen molar-refractivity contribution in [2.45, 2.75) is 27.3 Å². The van der Waals surface area contributed by atoms with Gasteiger partial charge in [-0.1, -0.05) is 17.7 Å². The first-order valence-electron chi connectivity index (χ1n) is 7.75. The van der Waals surface area contributed by atoms with Crippen LogP contribution in [0.4, 0.5) is 11.9 Å². The van der Waals surface area contributed by atoms with Crippen molar-refractivity contribution in [3.63, 3.8) is 0 Å². The van der Waals surface area contributed by atoms with Crippen molar-refractivity contribution in [3.8, 4) is 0 Å². The number of hydrogen-bond donors (Lipinski definition) is 2. The van der Waals surface area contributed by atoms with Crippen LogP contribution in [0.15, 0.2) is 12.1 Å². The van der Waals surface area contributed by atoms with Gasteiger partial charge in [-0.3, -0.25) is 4.90 Å². The lowest BCUT2D eigenvalue weighted by Crippen LogP contribution is -2.46. The van der Waals surface area contributed by atoms with Crippen LogP contribution in [0.25, 0.3) is 0 Å². The molecular formula is C16H24N6. The molecule has 0 aliphatic carbocycles. The maximum absolute atomic E-state index is 5.59. The van der Waals surface area contributed by atoms with E-state index in [0.717, 1.165) is 32.7 Å². The summed E-state index contributed by atoms with van der Waals surface area (Å²) in [6, 6.07) is 4.55. The molecule has 6 nitrogen and oxygen atoms in total. The van der Waals surface area contributed by atoms with Crippen LogP contribution >= 0.6 is 0 Å². The third-order valence-electron chi connectivity index (χ3n) is 4.37. The number of anilines is 2. The molecule has 3 rings (SSSR count). The topological polar surface area (TPSA) is 74.1 Å². The van der Waals surface area contributed by atoms with Crippen molar-refractivity contribution in [1.82, 2.24) is 20.1 Å². The number of nitrogens with one attached hydrogen (secondary N) is 1. The fourth-order valence-electron chi connectivity index (χ4n) is 3.20. The van der Waals surface area contributed by atoms with Gasteiger partial charge in [0.05, 0.1) is 0 Å². The molecule has 0 spiro atoms. The van der Waals surface area contributed by atoms with Crippen LogP contribution in [0.1, 0.15) is 22.3 Å². The Kier molecular flexibility index (Phi) is 4.02. The third-order valence-corrected chi connectivity index (χ3v) is 4.37. The van der Waals surface area contributed by atoms with Crippen molar-refractivity contribution in [2.75, 3.05) is 36.8 Å². The average molecular weight is 300 g/mol. The van der Waals surface area contributed by atoms with Crippen LogP contribution in [-0.4, -0.2) is 46.3 Å². The number of nitrogens with zero attached hydrogens (tertiary/aromatic N) is 4. The summed E-state index contributed by atoms with van der Waals surface area (Å²) in [5, 5.41) is 6.83. The summed E-state index contributed by atoms with van der Waals surface area (Å²) in [6.45, 7) is 11.5. The highest BCUT2D eigenvalue weighted by molar-refractivity contribution is 5.38. The normalized spacial score (nSPS) is 16.2. The predicted octanol–water partition coefficient (Wildman–Crippen LogP) is 1.63. The molecule has 0 amide bonds. The summed E-state index contributed by atoms with van der Waals surface area (Å²) in [5.41, 5.74) is 11.2. The van der Waals surface area contributed by atoms with Gasteiger partial charge in [-0.15, -0.1) is 5.10 Å². The molecule has 3 N–H and O–H groups in total. The Balaban J connectivity index is 1.63. The minimum atomic E-state index is 0.378. The van der Waals surface area contributed by atoms with Crippen molar-refractivity contribution in [3.05, 3.63) is 34.4 Å². The van der Waals surface area contributed by atoms with E-state index in [9.17, 15) is 0 Å². The van der Waals surface area contributed by atoms with E-state index >= 15 is 0 Å². The van der Waals surface area contributed by atoms with Gasteiger partial charge in [0, 0.05) is 32.7 Å². The Hall–Kier alpha value is -2.08. The molecular weight excluding hydrogens is 276 g/mol. The summed E-state index contributed by atoms with van der Waals surface area (Å²) in [6.07, 6.45) is 0. The quantitative estimate of drug-likeness (QED) is 0.901. The summed E-state index contributed by atoms with van der Waals surface area (Å²) in [4.78, 5) is 8.88. The number of benzene rings is 1. The monoisotopic (exact) mass is 300 g/mol. The van der Waals surface area contributed by atoms with Crippen molar-refractivity contribution in [2.24, 2.45) is 0 Å². The lowest BCUT2D eigenvalue weighted by molar-refractivity contribution is 0.248. The van der Waals surface area contributed by atoms with Crippen LogP contribution in [0, 0.1) is 20.8 Å². The lowest BCUT2D eigenvalue weighted by Gasteiger charge is -2.34. The fraction of sp³-hybridized carbons (Fsp3) is 0.500. The van der Waals surface area contributed by atoms with Gasteiger partial charge in [0.25, 0.3) is 0 Å². The Labute approximate surface area is 131 Å². The second-order valence-electron chi connectivity index (χ2n) is 6.16. The lowest BCUT2D eigenvalue weighted by atomic mass is 9.99. The number of H-pyrrole nitrogens is 1. The number of hydrogen-bond acceptors (Lipinski definition) is 5. The van der Waals surface area contributed by atoms with Gasteiger partial charge in [0.1, 0.15) is 0 Å². The van der Waals surface area contributed by atoms with Gasteiger partial charge in [-0.25, -0.2) is 5.10 Å². The number of aromatic amines is 1. The minimum absolute atomic E-state index is 0.378. The van der Waals surface area contributed by atoms with Gasteiger partial charge in [-0.2, -0.15) is 4.98 Å². The van der Waals surface area contributed by atoms with Gasteiger partial charge in [0.2, 0.25) is 11.9 Å². The van der Waals surface area contributed by atoms with Crippen molar-refractivity contribution < 1.29 is 0 Å². The first-order valence-corrected chi connectivity index (χ1v) is 7.75. The second-order valence-corrected chi connectivity index (χ2v) is 6.16. The van der Waals surface area contributed by atoms with Gasteiger partial charge in [0.15, 0.2) is 0 Å². The van der Waals surface area contributed by atoms with E-state index in [1.54, 1.807) is 0 Å². The molecule has 1 aliphatic rings. The van der Waals surface area contributed by atoms with E-state index in [4.69, 9.17) is 5.73 Å². The molecule has 0 atom stereocenters. The Morgan fingerprint density at radius 2 is 1.73 bits per heavy atom. The highest BCUT2D eigenvalue weighted by Crippen LogP contribution is 2.20. The molecule has 1 saturated heterocycles. The first-order chi connectivity index (χ1) is 10.5. The number of aryl methyl sites for hydroxylation is 3. The molecule has 118 valence electrons. The van der Waals surface area contributed by atoms with Crippen molar-refractivity contribution >= 4 is 11.9 Å². The maximum Gasteiger partial charge on any atom is 0.246 e. The van der Waals surface area contributed by atoms with Crippen LogP contribution in [0.3, 0.4) is 0 Å².